The fraction of sp³-hybridized carbons (Fsp3) is 0.474. The van der Waals surface area contributed by atoms with Crippen LogP contribution in [-0.2, 0) is 13.2 Å². The third-order valence-electron chi connectivity index (χ3n) is 5.86. The molecule has 0 radical (unpaired) electrons. The summed E-state index contributed by atoms with van der Waals surface area (Å²) in [7, 11) is 1.36. The van der Waals surface area contributed by atoms with Crippen molar-refractivity contribution in [2.75, 3.05) is 23.3 Å². The highest BCUT2D eigenvalue weighted by Crippen LogP contribution is 2.34. The van der Waals surface area contributed by atoms with Crippen molar-refractivity contribution in [3.63, 3.8) is 0 Å². The first kappa shape index (κ1) is 19.8. The van der Waals surface area contributed by atoms with Crippen molar-refractivity contribution in [2.45, 2.75) is 37.5 Å². The number of carbonyl (C=O) groups excluding carboxylic acids is 1. The van der Waals surface area contributed by atoms with E-state index in [-0.39, 0.29) is 5.56 Å². The van der Waals surface area contributed by atoms with Crippen LogP contribution in [0, 0.1) is 0 Å². The molecule has 2 unspecified atom stereocenters. The lowest BCUT2D eigenvalue weighted by molar-refractivity contribution is -0.140. The zero-order valence-electron chi connectivity index (χ0n) is 16.7. The van der Waals surface area contributed by atoms with Gasteiger partial charge in [-0.15, -0.1) is 0 Å². The average Bonchev–Trinajstić information content (AvgIpc) is 3.16. The second kappa shape index (κ2) is 7.22. The van der Waals surface area contributed by atoms with E-state index >= 15 is 0 Å². The smallest absolute Gasteiger partial charge is 0.352 e. The number of halogens is 3. The molecule has 6 rings (SSSR count). The van der Waals surface area contributed by atoms with Crippen molar-refractivity contribution < 1.29 is 18.0 Å². The number of hydrogen-bond acceptors (Lipinski definition) is 6. The normalized spacial score (nSPS) is 21.5. The molecule has 2 atom stereocenters. The maximum atomic E-state index is 13.2. The van der Waals surface area contributed by atoms with Gasteiger partial charge in [0, 0.05) is 38.1 Å². The zero-order chi connectivity index (χ0) is 21.8. The predicted octanol–water partition coefficient (Wildman–Crippen LogP) is 2.06. The number of amides is 1. The van der Waals surface area contributed by atoms with Gasteiger partial charge in [-0.1, -0.05) is 0 Å². The van der Waals surface area contributed by atoms with Crippen LogP contribution in [0.5, 0.6) is 0 Å². The number of nitrogens with one attached hydrogen (secondary N) is 2. The van der Waals surface area contributed by atoms with Gasteiger partial charge < -0.3 is 15.5 Å². The van der Waals surface area contributed by atoms with E-state index in [9.17, 15) is 18.0 Å². The summed E-state index contributed by atoms with van der Waals surface area (Å²) in [4.78, 5) is 19.7. The molecule has 0 spiro atoms. The summed E-state index contributed by atoms with van der Waals surface area (Å²) in [6, 6.07) is 2.62. The Balaban J connectivity index is 1.46. The first-order chi connectivity index (χ1) is 14.8. The van der Waals surface area contributed by atoms with Crippen LogP contribution in [0.3, 0.4) is 0 Å². The molecular weight excluding hydrogens is 413 g/mol. The number of carbonyl (C=O) groups is 1. The van der Waals surface area contributed by atoms with E-state index in [2.05, 4.69) is 30.7 Å². The molecule has 3 aromatic rings. The van der Waals surface area contributed by atoms with Gasteiger partial charge in [0.05, 0.1) is 11.9 Å². The highest BCUT2D eigenvalue weighted by molar-refractivity contribution is 6.08. The molecule has 3 aliphatic heterocycles. The Morgan fingerprint density at radius 2 is 2.13 bits per heavy atom. The Bertz CT molecular complexity index is 1130. The molecule has 3 saturated heterocycles. The summed E-state index contributed by atoms with van der Waals surface area (Å²) in [6.07, 6.45) is 2.65. The monoisotopic (exact) mass is 434 g/mol. The molecule has 3 fully saturated rings. The Labute approximate surface area is 175 Å². The van der Waals surface area contributed by atoms with E-state index in [4.69, 9.17) is 0 Å². The minimum absolute atomic E-state index is 0.0944. The number of alkyl halides is 3. The van der Waals surface area contributed by atoms with Crippen LogP contribution in [0.2, 0.25) is 0 Å². The number of anilines is 2. The molecule has 31 heavy (non-hydrogen) atoms. The number of aryl methyl sites for hydroxylation is 1. The standard InChI is InChI=1S/C19H21F3N8O/c1-28-10-14(16(27-28)19(20,21)22)25-18(31)13-8-24-30-7-5-15(26-17(13)30)29-9-11-2-3-12(29)4-6-23-11/h5,7-8,10-12,23H,2-4,6,9H2,1H3,(H,25,31). The number of piperidine rings is 1. The summed E-state index contributed by atoms with van der Waals surface area (Å²) in [6.45, 7) is 1.79. The maximum Gasteiger partial charge on any atom is 0.437 e. The summed E-state index contributed by atoms with van der Waals surface area (Å²) in [5, 5.41) is 13.4. The predicted molar refractivity (Wildman–Crippen MR) is 106 cm³/mol. The van der Waals surface area contributed by atoms with Crippen LogP contribution in [0.4, 0.5) is 24.7 Å². The molecule has 0 aliphatic carbocycles. The number of aromatic nitrogens is 5. The first-order valence-electron chi connectivity index (χ1n) is 10.1. The van der Waals surface area contributed by atoms with Crippen LogP contribution < -0.4 is 15.5 Å². The molecule has 0 aromatic carbocycles. The molecule has 3 aliphatic rings. The number of rotatable bonds is 3. The Kier molecular flexibility index (Phi) is 4.61. The second-order valence-corrected chi connectivity index (χ2v) is 7.95. The zero-order valence-corrected chi connectivity index (χ0v) is 16.7. The minimum Gasteiger partial charge on any atom is -0.352 e. The van der Waals surface area contributed by atoms with Gasteiger partial charge in [0.15, 0.2) is 11.3 Å². The van der Waals surface area contributed by atoms with Gasteiger partial charge in [-0.25, -0.2) is 9.50 Å². The Morgan fingerprint density at radius 1 is 1.29 bits per heavy atom. The Morgan fingerprint density at radius 3 is 2.94 bits per heavy atom. The molecular formula is C19H21F3N8O. The van der Waals surface area contributed by atoms with Crippen molar-refractivity contribution in [3.05, 3.63) is 35.9 Å². The van der Waals surface area contributed by atoms with Gasteiger partial charge in [0.1, 0.15) is 11.4 Å². The maximum absolute atomic E-state index is 13.2. The third-order valence-corrected chi connectivity index (χ3v) is 5.86. The van der Waals surface area contributed by atoms with E-state index in [1.807, 2.05) is 6.07 Å². The van der Waals surface area contributed by atoms with Crippen molar-refractivity contribution >= 4 is 23.1 Å². The molecule has 0 saturated carbocycles. The fourth-order valence-corrected chi connectivity index (χ4v) is 4.39. The molecule has 1 amide bonds. The van der Waals surface area contributed by atoms with Crippen LogP contribution in [-0.4, -0.2) is 55.5 Å². The summed E-state index contributed by atoms with van der Waals surface area (Å²) < 4.78 is 42.1. The van der Waals surface area contributed by atoms with E-state index in [1.54, 1.807) is 6.20 Å². The van der Waals surface area contributed by atoms with E-state index in [0.717, 1.165) is 49.0 Å². The van der Waals surface area contributed by atoms with Crippen molar-refractivity contribution in [1.29, 1.82) is 0 Å². The van der Waals surface area contributed by atoms with E-state index < -0.39 is 23.5 Å². The summed E-state index contributed by atoms with van der Waals surface area (Å²) in [5.41, 5.74) is -1.18. The van der Waals surface area contributed by atoms with Gasteiger partial charge in [0.2, 0.25) is 0 Å². The van der Waals surface area contributed by atoms with Crippen LogP contribution >= 0.6 is 0 Å². The van der Waals surface area contributed by atoms with Gasteiger partial charge in [0.25, 0.3) is 5.91 Å². The fourth-order valence-electron chi connectivity index (χ4n) is 4.39. The summed E-state index contributed by atoms with van der Waals surface area (Å²) >= 11 is 0. The largest absolute Gasteiger partial charge is 0.437 e. The minimum atomic E-state index is -4.68. The lowest BCUT2D eigenvalue weighted by Gasteiger charge is -2.37. The summed E-state index contributed by atoms with van der Waals surface area (Å²) in [5.74, 6) is 0.00927. The molecule has 9 nitrogen and oxygen atoms in total. The number of fused-ring (bicyclic) bond motifs is 5. The molecule has 12 heteroatoms. The quantitative estimate of drug-likeness (QED) is 0.656. The molecule has 3 aromatic heterocycles. The van der Waals surface area contributed by atoms with Gasteiger partial charge in [-0.2, -0.15) is 23.4 Å². The van der Waals surface area contributed by atoms with Crippen LogP contribution in [0.25, 0.3) is 5.65 Å². The highest BCUT2D eigenvalue weighted by Gasteiger charge is 2.38. The van der Waals surface area contributed by atoms with Crippen molar-refractivity contribution in [2.24, 2.45) is 7.05 Å². The lowest BCUT2D eigenvalue weighted by Crippen LogP contribution is -2.46. The van der Waals surface area contributed by atoms with Crippen molar-refractivity contribution in [3.8, 4) is 0 Å². The number of hydrogen-bond donors (Lipinski definition) is 2. The van der Waals surface area contributed by atoms with E-state index in [0.29, 0.717) is 17.7 Å². The van der Waals surface area contributed by atoms with Crippen LogP contribution in [0.15, 0.2) is 24.7 Å². The second-order valence-electron chi connectivity index (χ2n) is 7.95. The SMILES string of the molecule is Cn1cc(NC(=O)c2cnn3ccc(N4CC5CCC4CCN5)nc23)c(C(F)(F)F)n1. The highest BCUT2D eigenvalue weighted by atomic mass is 19.4. The lowest BCUT2D eigenvalue weighted by atomic mass is 9.99. The van der Waals surface area contributed by atoms with E-state index in [1.165, 1.54) is 17.8 Å². The van der Waals surface area contributed by atoms with Gasteiger partial charge in [-0.3, -0.25) is 9.48 Å². The molecule has 164 valence electrons. The molecule has 2 bridgehead atoms. The molecule has 2 N–H and O–H groups in total. The van der Waals surface area contributed by atoms with Gasteiger partial charge >= 0.3 is 6.18 Å². The van der Waals surface area contributed by atoms with Crippen molar-refractivity contribution in [1.82, 2.24) is 29.7 Å². The third kappa shape index (κ3) is 3.60. The Hall–Kier alpha value is -3.15. The number of nitrogens with zero attached hydrogens (tertiary/aromatic N) is 6. The average molecular weight is 434 g/mol. The molecule has 6 heterocycles. The topological polar surface area (TPSA) is 92.4 Å². The first-order valence-corrected chi connectivity index (χ1v) is 10.1. The van der Waals surface area contributed by atoms with Gasteiger partial charge in [-0.05, 0) is 31.9 Å². The van der Waals surface area contributed by atoms with Crippen LogP contribution in [0.1, 0.15) is 35.3 Å².